The van der Waals surface area contributed by atoms with Crippen LogP contribution in [-0.4, -0.2) is 50.0 Å². The van der Waals surface area contributed by atoms with E-state index in [0.29, 0.717) is 11.8 Å². The summed E-state index contributed by atoms with van der Waals surface area (Å²) in [6.45, 7) is 5.80. The minimum atomic E-state index is 0.316. The monoisotopic (exact) mass is 339 g/mol. The zero-order valence-corrected chi connectivity index (χ0v) is 14.7. The molecule has 0 amide bonds. The van der Waals surface area contributed by atoms with Crippen molar-refractivity contribution < 1.29 is 4.74 Å². The molecule has 0 unspecified atom stereocenters. The van der Waals surface area contributed by atoms with Crippen LogP contribution in [0.5, 0.6) is 5.88 Å². The minimum Gasteiger partial charge on any atom is -0.480 e. The summed E-state index contributed by atoms with van der Waals surface area (Å²) in [6.07, 6.45) is 1.94. The zero-order chi connectivity index (χ0) is 17.4. The summed E-state index contributed by atoms with van der Waals surface area (Å²) in [7, 11) is 1.61. The molecule has 3 aromatic heterocycles. The lowest BCUT2D eigenvalue weighted by Crippen LogP contribution is -2.35. The molecule has 0 aromatic carbocycles. The molecule has 0 bridgehead atoms. The van der Waals surface area contributed by atoms with E-state index in [-0.39, 0.29) is 0 Å². The lowest BCUT2D eigenvalue weighted by Gasteiger charge is -2.31. The quantitative estimate of drug-likeness (QED) is 0.721. The molecule has 0 saturated carbocycles. The van der Waals surface area contributed by atoms with E-state index in [1.807, 2.05) is 26.0 Å². The van der Waals surface area contributed by atoms with Gasteiger partial charge in [0.15, 0.2) is 11.5 Å². The summed E-state index contributed by atoms with van der Waals surface area (Å²) in [4.78, 5) is 11.4. The summed E-state index contributed by atoms with van der Waals surface area (Å²) in [5.41, 5.74) is 2.75. The van der Waals surface area contributed by atoms with Crippen LogP contribution in [0.2, 0.25) is 0 Å². The first kappa shape index (κ1) is 15.7. The van der Waals surface area contributed by atoms with Crippen molar-refractivity contribution in [2.75, 3.05) is 25.1 Å². The van der Waals surface area contributed by atoms with Crippen molar-refractivity contribution in [3.8, 4) is 5.88 Å². The fourth-order valence-corrected chi connectivity index (χ4v) is 3.34. The molecular formula is C17H21N7O. The van der Waals surface area contributed by atoms with Crippen molar-refractivity contribution >= 4 is 11.6 Å². The van der Waals surface area contributed by atoms with E-state index in [9.17, 15) is 0 Å². The largest absolute Gasteiger partial charge is 0.480 e. The van der Waals surface area contributed by atoms with Crippen molar-refractivity contribution in [2.45, 2.75) is 32.6 Å². The second-order valence-electron chi connectivity index (χ2n) is 6.42. The van der Waals surface area contributed by atoms with E-state index in [2.05, 4.69) is 30.2 Å². The molecule has 0 radical (unpaired) electrons. The van der Waals surface area contributed by atoms with Crippen LogP contribution >= 0.6 is 0 Å². The predicted octanol–water partition coefficient (Wildman–Crippen LogP) is 1.92. The van der Waals surface area contributed by atoms with Gasteiger partial charge in [0.2, 0.25) is 11.8 Å². The predicted molar refractivity (Wildman–Crippen MR) is 93.0 cm³/mol. The molecule has 0 atom stereocenters. The lowest BCUT2D eigenvalue weighted by molar-refractivity contribution is 0.386. The smallest absolute Gasteiger partial charge is 0.231 e. The highest BCUT2D eigenvalue weighted by Crippen LogP contribution is 2.28. The molecule has 0 N–H and O–H groups in total. The van der Waals surface area contributed by atoms with Gasteiger partial charge in [-0.15, -0.1) is 15.3 Å². The SMILES string of the molecule is COc1ccc2nnc(C3CCN(c4nc(C)cc(C)n4)CC3)n2n1. The summed E-state index contributed by atoms with van der Waals surface area (Å²) in [6, 6.07) is 5.67. The first-order valence-electron chi connectivity index (χ1n) is 8.47. The Kier molecular flexibility index (Phi) is 3.95. The normalized spacial score (nSPS) is 15.7. The molecule has 3 aromatic rings. The lowest BCUT2D eigenvalue weighted by atomic mass is 9.96. The average molecular weight is 339 g/mol. The van der Waals surface area contributed by atoms with Gasteiger partial charge >= 0.3 is 0 Å². The number of ether oxygens (including phenoxy) is 1. The second kappa shape index (κ2) is 6.27. The molecule has 1 aliphatic rings. The van der Waals surface area contributed by atoms with Crippen molar-refractivity contribution in [3.05, 3.63) is 35.4 Å². The van der Waals surface area contributed by atoms with Gasteiger partial charge in [-0.2, -0.15) is 4.52 Å². The van der Waals surface area contributed by atoms with Gasteiger partial charge < -0.3 is 9.64 Å². The molecular weight excluding hydrogens is 318 g/mol. The summed E-state index contributed by atoms with van der Waals surface area (Å²) >= 11 is 0. The Hall–Kier alpha value is -2.77. The number of nitrogens with zero attached hydrogens (tertiary/aromatic N) is 7. The van der Waals surface area contributed by atoms with Crippen LogP contribution in [-0.2, 0) is 0 Å². The molecule has 0 aliphatic carbocycles. The van der Waals surface area contributed by atoms with Crippen LogP contribution in [0, 0.1) is 13.8 Å². The van der Waals surface area contributed by atoms with Gasteiger partial charge in [-0.05, 0) is 38.8 Å². The maximum absolute atomic E-state index is 5.22. The van der Waals surface area contributed by atoms with Gasteiger partial charge in [-0.25, -0.2) is 9.97 Å². The Morgan fingerprint density at radius 2 is 1.76 bits per heavy atom. The van der Waals surface area contributed by atoms with E-state index in [1.54, 1.807) is 17.7 Å². The summed E-state index contributed by atoms with van der Waals surface area (Å²) < 4.78 is 7.02. The number of hydrogen-bond acceptors (Lipinski definition) is 7. The molecule has 1 aliphatic heterocycles. The highest BCUT2D eigenvalue weighted by atomic mass is 16.5. The Bertz CT molecular complexity index is 879. The fourth-order valence-electron chi connectivity index (χ4n) is 3.34. The molecule has 0 spiro atoms. The third-order valence-corrected chi connectivity index (χ3v) is 4.59. The minimum absolute atomic E-state index is 0.316. The first-order chi connectivity index (χ1) is 12.1. The Morgan fingerprint density at radius 3 is 2.44 bits per heavy atom. The highest BCUT2D eigenvalue weighted by Gasteiger charge is 2.26. The number of aryl methyl sites for hydroxylation is 2. The van der Waals surface area contributed by atoms with Crippen LogP contribution in [0.25, 0.3) is 5.65 Å². The molecule has 1 saturated heterocycles. The van der Waals surface area contributed by atoms with E-state index in [4.69, 9.17) is 4.74 Å². The van der Waals surface area contributed by atoms with Crippen LogP contribution in [0.4, 0.5) is 5.95 Å². The molecule has 130 valence electrons. The summed E-state index contributed by atoms with van der Waals surface area (Å²) in [5.74, 6) is 2.60. The van der Waals surface area contributed by atoms with Crippen molar-refractivity contribution in [1.29, 1.82) is 0 Å². The van der Waals surface area contributed by atoms with E-state index in [0.717, 1.165) is 54.7 Å². The molecule has 8 nitrogen and oxygen atoms in total. The molecule has 25 heavy (non-hydrogen) atoms. The number of rotatable bonds is 3. The van der Waals surface area contributed by atoms with Crippen molar-refractivity contribution in [3.63, 3.8) is 0 Å². The van der Waals surface area contributed by atoms with Gasteiger partial charge in [0.25, 0.3) is 0 Å². The number of methoxy groups -OCH3 is 1. The Morgan fingerprint density at radius 1 is 1.04 bits per heavy atom. The third-order valence-electron chi connectivity index (χ3n) is 4.59. The molecule has 4 rings (SSSR count). The average Bonchev–Trinajstić information content (AvgIpc) is 3.04. The number of fused-ring (bicyclic) bond motifs is 1. The zero-order valence-electron chi connectivity index (χ0n) is 14.7. The van der Waals surface area contributed by atoms with Gasteiger partial charge in [-0.1, -0.05) is 0 Å². The molecule has 8 heteroatoms. The van der Waals surface area contributed by atoms with E-state index < -0.39 is 0 Å². The van der Waals surface area contributed by atoms with Crippen LogP contribution in [0.1, 0.15) is 36.0 Å². The molecule has 4 heterocycles. The Balaban J connectivity index is 1.54. The van der Waals surface area contributed by atoms with Gasteiger partial charge in [0, 0.05) is 36.5 Å². The standard InChI is InChI=1S/C17H21N7O/c1-11-10-12(2)19-17(18-11)23-8-6-13(7-9-23)16-21-20-14-4-5-15(25-3)22-24(14)16/h4-5,10,13H,6-9H2,1-3H3. The van der Waals surface area contributed by atoms with Crippen LogP contribution in [0.15, 0.2) is 18.2 Å². The maximum Gasteiger partial charge on any atom is 0.231 e. The third kappa shape index (κ3) is 2.99. The van der Waals surface area contributed by atoms with E-state index >= 15 is 0 Å². The summed E-state index contributed by atoms with van der Waals surface area (Å²) in [5, 5.41) is 13.1. The van der Waals surface area contributed by atoms with Gasteiger partial charge in [0.1, 0.15) is 0 Å². The highest BCUT2D eigenvalue weighted by molar-refractivity contribution is 5.38. The van der Waals surface area contributed by atoms with Crippen LogP contribution in [0.3, 0.4) is 0 Å². The van der Waals surface area contributed by atoms with Gasteiger partial charge in [-0.3, -0.25) is 0 Å². The second-order valence-corrected chi connectivity index (χ2v) is 6.42. The van der Waals surface area contributed by atoms with Crippen LogP contribution < -0.4 is 9.64 Å². The number of piperidine rings is 1. The van der Waals surface area contributed by atoms with E-state index in [1.165, 1.54) is 0 Å². The first-order valence-corrected chi connectivity index (χ1v) is 8.47. The topological polar surface area (TPSA) is 81.3 Å². The molecule has 1 fully saturated rings. The number of hydrogen-bond donors (Lipinski definition) is 0. The van der Waals surface area contributed by atoms with Crippen molar-refractivity contribution in [2.24, 2.45) is 0 Å². The van der Waals surface area contributed by atoms with Crippen molar-refractivity contribution in [1.82, 2.24) is 29.8 Å². The number of anilines is 1. The Labute approximate surface area is 145 Å². The maximum atomic E-state index is 5.22. The number of aromatic nitrogens is 6. The fraction of sp³-hybridized carbons (Fsp3) is 0.471. The van der Waals surface area contributed by atoms with Gasteiger partial charge in [0.05, 0.1) is 7.11 Å².